The maximum absolute atomic E-state index is 5.23. The second-order valence-corrected chi connectivity index (χ2v) is 6.05. The van der Waals surface area contributed by atoms with Gasteiger partial charge in [0.15, 0.2) is 0 Å². The predicted molar refractivity (Wildman–Crippen MR) is 95.6 cm³/mol. The van der Waals surface area contributed by atoms with Crippen LogP contribution in [0.3, 0.4) is 0 Å². The van der Waals surface area contributed by atoms with Crippen LogP contribution in [0.5, 0.6) is 0 Å². The van der Waals surface area contributed by atoms with Crippen molar-refractivity contribution in [1.29, 1.82) is 0 Å². The molecule has 125 valence electrons. The molecule has 0 N–H and O–H groups in total. The van der Waals surface area contributed by atoms with E-state index in [1.807, 2.05) is 0 Å². The molecule has 0 atom stereocenters. The Hall–Kier alpha value is -0.300. The van der Waals surface area contributed by atoms with E-state index in [1.54, 1.807) is 0 Å². The first kappa shape index (κ1) is 20.7. The molecule has 0 bridgehead atoms. The minimum absolute atomic E-state index is 0.616. The van der Waals surface area contributed by atoms with E-state index >= 15 is 0 Å². The molecule has 1 radical (unpaired) electrons. The molecule has 0 saturated carbocycles. The quantitative estimate of drug-likeness (QED) is 0.210. The second kappa shape index (κ2) is 19.7. The number of rotatable bonds is 17. The summed E-state index contributed by atoms with van der Waals surface area (Å²) in [6.45, 7) is 7.46. The Kier molecular flexibility index (Phi) is 19.4. The number of hydrogen-bond acceptors (Lipinski definition) is 1. The van der Waals surface area contributed by atoms with Crippen LogP contribution in [0.1, 0.15) is 96.8 Å². The summed E-state index contributed by atoms with van der Waals surface area (Å²) in [5.41, 5.74) is 0. The highest BCUT2D eigenvalue weighted by Gasteiger charge is 1.91. The molecule has 0 aromatic rings. The molecule has 0 aliphatic carbocycles. The van der Waals surface area contributed by atoms with E-state index in [-0.39, 0.29) is 0 Å². The highest BCUT2D eigenvalue weighted by atomic mass is 16.5. The molecule has 0 aromatic carbocycles. The van der Waals surface area contributed by atoms with Crippen molar-refractivity contribution in [1.82, 2.24) is 0 Å². The molecule has 1 nitrogen and oxygen atoms in total. The third-order valence-electron chi connectivity index (χ3n) is 3.94. The summed E-state index contributed by atoms with van der Waals surface area (Å²) in [7, 11) is 0. The lowest BCUT2D eigenvalue weighted by atomic mass is 10.1. The smallest absolute Gasteiger partial charge is 0.0466 e. The number of unbranched alkanes of at least 4 members (excludes halogenated alkanes) is 12. The van der Waals surface area contributed by atoms with Gasteiger partial charge in [-0.2, -0.15) is 0 Å². The largest absolute Gasteiger partial charge is 0.381 e. The maximum atomic E-state index is 5.23. The van der Waals surface area contributed by atoms with Gasteiger partial charge in [-0.3, -0.25) is 0 Å². The lowest BCUT2D eigenvalue weighted by Crippen LogP contribution is -1.93. The van der Waals surface area contributed by atoms with Crippen LogP contribution in [0.2, 0.25) is 0 Å². The molecular weight excluding hydrogens is 256 g/mol. The predicted octanol–water partition coefficient (Wildman–Crippen LogP) is 6.87. The monoisotopic (exact) mass is 295 g/mol. The Morgan fingerprint density at radius 3 is 1.67 bits per heavy atom. The summed E-state index contributed by atoms with van der Waals surface area (Å²) in [5, 5.41) is 0. The summed E-state index contributed by atoms with van der Waals surface area (Å²) in [5.74, 6) is 0. The van der Waals surface area contributed by atoms with Crippen molar-refractivity contribution < 1.29 is 4.74 Å². The lowest BCUT2D eigenvalue weighted by Gasteiger charge is -2.01. The van der Waals surface area contributed by atoms with Gasteiger partial charge >= 0.3 is 0 Å². The zero-order valence-corrected chi connectivity index (χ0v) is 14.6. The van der Waals surface area contributed by atoms with Crippen LogP contribution in [0.4, 0.5) is 0 Å². The molecule has 0 aliphatic heterocycles. The van der Waals surface area contributed by atoms with E-state index in [9.17, 15) is 0 Å². The summed E-state index contributed by atoms with van der Waals surface area (Å²) < 4.78 is 5.23. The minimum atomic E-state index is 0.616. The van der Waals surface area contributed by atoms with Gasteiger partial charge in [-0.25, -0.2) is 0 Å². The fourth-order valence-corrected chi connectivity index (χ4v) is 2.55. The van der Waals surface area contributed by atoms with Gasteiger partial charge in [-0.1, -0.05) is 76.9 Å². The first-order chi connectivity index (χ1) is 10.4. The van der Waals surface area contributed by atoms with Crippen LogP contribution in [0.25, 0.3) is 0 Å². The fourth-order valence-electron chi connectivity index (χ4n) is 2.55. The van der Waals surface area contributed by atoms with Gasteiger partial charge in [0.1, 0.15) is 0 Å². The van der Waals surface area contributed by atoms with Crippen molar-refractivity contribution >= 4 is 0 Å². The second-order valence-electron chi connectivity index (χ2n) is 6.05. The first-order valence-electron chi connectivity index (χ1n) is 9.43. The molecule has 1 heteroatoms. The normalized spacial score (nSPS) is 11.5. The molecule has 0 aromatic heterocycles. The highest BCUT2D eigenvalue weighted by molar-refractivity contribution is 4.81. The van der Waals surface area contributed by atoms with Gasteiger partial charge in [-0.05, 0) is 39.0 Å². The van der Waals surface area contributed by atoms with E-state index in [1.165, 1.54) is 89.9 Å². The van der Waals surface area contributed by atoms with Crippen LogP contribution in [-0.4, -0.2) is 13.2 Å². The molecule has 0 spiro atoms. The van der Waals surface area contributed by atoms with Crippen LogP contribution in [0, 0.1) is 6.92 Å². The number of hydrogen-bond donors (Lipinski definition) is 0. The van der Waals surface area contributed by atoms with Gasteiger partial charge in [-0.15, -0.1) is 0 Å². The zero-order valence-electron chi connectivity index (χ0n) is 14.6. The standard InChI is InChI=1S/C20H39O/c1-3-5-6-7-8-9-10-11-12-13-14-15-16-17-18-19-20-21-4-2/h11-12H,2-10,13-20H2,1H3. The Balaban J connectivity index is 3.02. The van der Waals surface area contributed by atoms with E-state index in [0.29, 0.717) is 6.61 Å². The summed E-state index contributed by atoms with van der Waals surface area (Å²) in [6, 6.07) is 0. The third-order valence-corrected chi connectivity index (χ3v) is 3.94. The molecule has 0 unspecified atom stereocenters. The van der Waals surface area contributed by atoms with Gasteiger partial charge in [0, 0.05) is 13.2 Å². The molecule has 0 heterocycles. The molecule has 21 heavy (non-hydrogen) atoms. The minimum Gasteiger partial charge on any atom is -0.381 e. The molecule has 0 rings (SSSR count). The Morgan fingerprint density at radius 2 is 1.14 bits per heavy atom. The van der Waals surface area contributed by atoms with E-state index in [2.05, 4.69) is 26.0 Å². The Labute approximate surface area is 134 Å². The Morgan fingerprint density at radius 1 is 0.667 bits per heavy atom. The van der Waals surface area contributed by atoms with Crippen LogP contribution in [0.15, 0.2) is 12.2 Å². The van der Waals surface area contributed by atoms with Crippen molar-refractivity contribution in [2.75, 3.05) is 13.2 Å². The summed E-state index contributed by atoms with van der Waals surface area (Å²) in [4.78, 5) is 0. The highest BCUT2D eigenvalue weighted by Crippen LogP contribution is 2.09. The average Bonchev–Trinajstić information content (AvgIpc) is 2.50. The molecule has 0 aliphatic rings. The SMILES string of the molecule is [CH2]COCCCCCCCCC=CCCCCCCCC. The van der Waals surface area contributed by atoms with E-state index < -0.39 is 0 Å². The zero-order chi connectivity index (χ0) is 15.4. The summed E-state index contributed by atoms with van der Waals surface area (Å²) >= 11 is 0. The number of ether oxygens (including phenoxy) is 1. The molecule has 0 amide bonds. The van der Waals surface area contributed by atoms with Crippen LogP contribution < -0.4 is 0 Å². The molecular formula is C20H39O. The van der Waals surface area contributed by atoms with Crippen LogP contribution in [-0.2, 0) is 4.74 Å². The number of allylic oxidation sites excluding steroid dienone is 2. The van der Waals surface area contributed by atoms with Gasteiger partial charge < -0.3 is 4.74 Å². The van der Waals surface area contributed by atoms with Gasteiger partial charge in [0.2, 0.25) is 0 Å². The average molecular weight is 296 g/mol. The molecule has 0 fully saturated rings. The van der Waals surface area contributed by atoms with Crippen molar-refractivity contribution in [3.8, 4) is 0 Å². The van der Waals surface area contributed by atoms with Gasteiger partial charge in [0.25, 0.3) is 0 Å². The van der Waals surface area contributed by atoms with Crippen molar-refractivity contribution in [2.24, 2.45) is 0 Å². The van der Waals surface area contributed by atoms with Crippen molar-refractivity contribution in [2.45, 2.75) is 96.8 Å². The Bertz CT molecular complexity index is 198. The topological polar surface area (TPSA) is 9.23 Å². The van der Waals surface area contributed by atoms with Gasteiger partial charge in [0.05, 0.1) is 0 Å². The van der Waals surface area contributed by atoms with Crippen molar-refractivity contribution in [3.63, 3.8) is 0 Å². The first-order valence-corrected chi connectivity index (χ1v) is 9.43. The van der Waals surface area contributed by atoms with E-state index in [0.717, 1.165) is 6.61 Å². The van der Waals surface area contributed by atoms with Crippen LogP contribution >= 0.6 is 0 Å². The third kappa shape index (κ3) is 19.7. The van der Waals surface area contributed by atoms with E-state index in [4.69, 9.17) is 4.74 Å². The fraction of sp³-hybridized carbons (Fsp3) is 0.850. The summed E-state index contributed by atoms with van der Waals surface area (Å²) in [6.07, 6.45) is 23.8. The van der Waals surface area contributed by atoms with Crippen molar-refractivity contribution in [3.05, 3.63) is 19.1 Å². The lowest BCUT2D eigenvalue weighted by molar-refractivity contribution is 0.156. The molecule has 0 saturated heterocycles. The maximum Gasteiger partial charge on any atom is 0.0466 e.